The number of aromatic nitrogens is 1. The first-order valence-electron chi connectivity index (χ1n) is 11.0. The van der Waals surface area contributed by atoms with Crippen molar-refractivity contribution in [2.75, 3.05) is 31.1 Å². The summed E-state index contributed by atoms with van der Waals surface area (Å²) < 4.78 is 5.44. The van der Waals surface area contributed by atoms with Crippen LogP contribution in [-0.4, -0.2) is 64.6 Å². The van der Waals surface area contributed by atoms with Gasteiger partial charge in [0.1, 0.15) is 5.60 Å². The number of piperazine rings is 1. The Hall–Kier alpha value is -3.65. The van der Waals surface area contributed by atoms with Crippen LogP contribution in [0.5, 0.6) is 0 Å². The van der Waals surface area contributed by atoms with Crippen molar-refractivity contribution in [3.63, 3.8) is 0 Å². The van der Waals surface area contributed by atoms with Crippen LogP contribution in [0.3, 0.4) is 0 Å². The van der Waals surface area contributed by atoms with E-state index in [1.165, 1.54) is 12.2 Å². The van der Waals surface area contributed by atoms with E-state index in [0.717, 1.165) is 17.3 Å². The summed E-state index contributed by atoms with van der Waals surface area (Å²) in [4.78, 5) is 43.3. The van der Waals surface area contributed by atoms with E-state index in [2.05, 4.69) is 9.88 Å². The van der Waals surface area contributed by atoms with Crippen LogP contribution in [0, 0.1) is 0 Å². The molecule has 1 aromatic heterocycles. The molecule has 35 heavy (non-hydrogen) atoms. The maximum absolute atomic E-state index is 12.5. The molecule has 0 bridgehead atoms. The van der Waals surface area contributed by atoms with Gasteiger partial charge in [0.05, 0.1) is 5.69 Å². The molecular formula is C26H30ClN3O5. The number of carbonyl (C=O) groups excluding carboxylic acids is 2. The summed E-state index contributed by atoms with van der Waals surface area (Å²) in [6.45, 7) is 8.11. The van der Waals surface area contributed by atoms with Crippen molar-refractivity contribution >= 4 is 48.1 Å². The molecular weight excluding hydrogens is 470 g/mol. The Morgan fingerprint density at radius 1 is 0.943 bits per heavy atom. The Balaban J connectivity index is 0.00000432. The quantitative estimate of drug-likeness (QED) is 0.459. The van der Waals surface area contributed by atoms with E-state index in [9.17, 15) is 14.4 Å². The minimum atomic E-state index is -1.04. The number of anilines is 1. The lowest BCUT2D eigenvalue weighted by atomic mass is 10.1. The summed E-state index contributed by atoms with van der Waals surface area (Å²) in [5.74, 6) is -1.17. The Kier molecular flexibility index (Phi) is 9.59. The van der Waals surface area contributed by atoms with Crippen LogP contribution in [0.2, 0.25) is 0 Å². The number of hydrogen-bond donors (Lipinski definition) is 1. The lowest BCUT2D eigenvalue weighted by molar-refractivity contribution is -0.131. The van der Waals surface area contributed by atoms with Crippen LogP contribution in [-0.2, 0) is 9.53 Å². The number of pyridine rings is 1. The average molecular weight is 500 g/mol. The molecule has 0 atom stereocenters. The van der Waals surface area contributed by atoms with Gasteiger partial charge in [-0.3, -0.25) is 9.78 Å². The van der Waals surface area contributed by atoms with Gasteiger partial charge in [0.2, 0.25) is 0 Å². The van der Waals surface area contributed by atoms with Gasteiger partial charge in [0, 0.05) is 49.7 Å². The summed E-state index contributed by atoms with van der Waals surface area (Å²) in [6.07, 6.45) is 6.86. The normalized spacial score (nSPS) is 14.1. The number of nitrogens with zero attached hydrogens (tertiary/aromatic N) is 3. The zero-order valence-electron chi connectivity index (χ0n) is 20.0. The van der Waals surface area contributed by atoms with Crippen LogP contribution < -0.4 is 4.90 Å². The molecule has 2 heterocycles. The van der Waals surface area contributed by atoms with Gasteiger partial charge in [-0.25, -0.2) is 9.59 Å². The van der Waals surface area contributed by atoms with Gasteiger partial charge in [0.15, 0.2) is 5.78 Å². The van der Waals surface area contributed by atoms with Crippen molar-refractivity contribution in [3.8, 4) is 0 Å². The SMILES string of the molecule is CC(C)(C)OC(=O)N1CCN(c2ccc(C(=O)C=Cc3ccc(C=CC(=O)O)nc3)cc2)CC1.Cl. The fourth-order valence-corrected chi connectivity index (χ4v) is 3.35. The molecule has 3 rings (SSSR count). The van der Waals surface area contributed by atoms with E-state index < -0.39 is 11.6 Å². The number of amides is 1. The predicted octanol–water partition coefficient (Wildman–Crippen LogP) is 4.55. The van der Waals surface area contributed by atoms with Crippen molar-refractivity contribution in [1.29, 1.82) is 0 Å². The first-order valence-corrected chi connectivity index (χ1v) is 11.0. The number of halogens is 1. The number of carboxylic acids is 1. The summed E-state index contributed by atoms with van der Waals surface area (Å²) in [6, 6.07) is 10.9. The van der Waals surface area contributed by atoms with E-state index in [1.807, 2.05) is 32.9 Å². The molecule has 0 spiro atoms. The van der Waals surface area contributed by atoms with E-state index in [4.69, 9.17) is 9.84 Å². The van der Waals surface area contributed by atoms with Crippen LogP contribution in [0.15, 0.2) is 54.7 Å². The van der Waals surface area contributed by atoms with Gasteiger partial charge in [0.25, 0.3) is 0 Å². The molecule has 1 aliphatic heterocycles. The molecule has 1 saturated heterocycles. The minimum absolute atomic E-state index is 0. The Bertz CT molecular complexity index is 1080. The molecule has 186 valence electrons. The van der Waals surface area contributed by atoms with Crippen LogP contribution in [0.4, 0.5) is 10.5 Å². The highest BCUT2D eigenvalue weighted by atomic mass is 35.5. The van der Waals surface area contributed by atoms with Crippen LogP contribution in [0.1, 0.15) is 42.4 Å². The summed E-state index contributed by atoms with van der Waals surface area (Å²) in [5, 5.41) is 8.65. The minimum Gasteiger partial charge on any atom is -0.478 e. The Labute approximate surface area is 211 Å². The van der Waals surface area contributed by atoms with Crippen molar-refractivity contribution in [1.82, 2.24) is 9.88 Å². The van der Waals surface area contributed by atoms with Crippen molar-refractivity contribution in [3.05, 3.63) is 71.6 Å². The van der Waals surface area contributed by atoms with Gasteiger partial charge < -0.3 is 19.6 Å². The number of hydrogen-bond acceptors (Lipinski definition) is 6. The van der Waals surface area contributed by atoms with Crippen molar-refractivity contribution < 1.29 is 24.2 Å². The molecule has 0 unspecified atom stereocenters. The second-order valence-electron chi connectivity index (χ2n) is 8.89. The first-order chi connectivity index (χ1) is 16.1. The number of ketones is 1. The highest BCUT2D eigenvalue weighted by Crippen LogP contribution is 2.19. The van der Waals surface area contributed by atoms with Crippen molar-refractivity contribution in [2.45, 2.75) is 26.4 Å². The molecule has 8 nitrogen and oxygen atoms in total. The second-order valence-corrected chi connectivity index (χ2v) is 8.89. The fourth-order valence-electron chi connectivity index (χ4n) is 3.35. The molecule has 0 saturated carbocycles. The topological polar surface area (TPSA) is 100 Å². The third kappa shape index (κ3) is 8.57. The number of allylic oxidation sites excluding steroid dienone is 1. The van der Waals surface area contributed by atoms with E-state index in [1.54, 1.807) is 41.4 Å². The smallest absolute Gasteiger partial charge is 0.410 e. The largest absolute Gasteiger partial charge is 0.478 e. The summed E-state index contributed by atoms with van der Waals surface area (Å²) in [7, 11) is 0. The average Bonchev–Trinajstić information content (AvgIpc) is 2.81. The molecule has 0 aliphatic carbocycles. The third-order valence-electron chi connectivity index (χ3n) is 5.08. The Morgan fingerprint density at radius 2 is 1.60 bits per heavy atom. The van der Waals surface area contributed by atoms with Gasteiger partial charge in [-0.2, -0.15) is 0 Å². The lowest BCUT2D eigenvalue weighted by Crippen LogP contribution is -2.50. The molecule has 0 radical (unpaired) electrons. The van der Waals surface area contributed by atoms with Crippen molar-refractivity contribution in [2.24, 2.45) is 0 Å². The molecule has 9 heteroatoms. The standard InChI is InChI=1S/C26H29N3O5.ClH/c1-26(2,3)34-25(33)29-16-14-28(15-17-29)22-10-6-20(7-11-22)23(30)12-5-19-4-8-21(27-18-19)9-13-24(31)32;/h4-13,18H,14-17H2,1-3H3,(H,31,32);1H. The monoisotopic (exact) mass is 499 g/mol. The number of rotatable bonds is 6. The molecule has 1 N–H and O–H groups in total. The van der Waals surface area contributed by atoms with E-state index in [-0.39, 0.29) is 24.3 Å². The highest BCUT2D eigenvalue weighted by Gasteiger charge is 2.25. The van der Waals surface area contributed by atoms with Gasteiger partial charge in [-0.05, 0) is 74.9 Å². The highest BCUT2D eigenvalue weighted by molar-refractivity contribution is 6.07. The van der Waals surface area contributed by atoms with Gasteiger partial charge in [-0.15, -0.1) is 12.4 Å². The lowest BCUT2D eigenvalue weighted by Gasteiger charge is -2.36. The summed E-state index contributed by atoms with van der Waals surface area (Å²) >= 11 is 0. The fraction of sp³-hybridized carbons (Fsp3) is 0.308. The molecule has 1 aliphatic rings. The zero-order chi connectivity index (χ0) is 24.7. The number of carbonyl (C=O) groups is 3. The predicted molar refractivity (Wildman–Crippen MR) is 138 cm³/mol. The second kappa shape index (κ2) is 12.2. The number of benzene rings is 1. The first kappa shape index (κ1) is 27.6. The van der Waals surface area contributed by atoms with Crippen LogP contribution in [0.25, 0.3) is 12.2 Å². The molecule has 1 fully saturated rings. The zero-order valence-corrected chi connectivity index (χ0v) is 20.8. The number of carboxylic acid groups (broad SMARTS) is 1. The maximum Gasteiger partial charge on any atom is 0.410 e. The number of aliphatic carboxylic acids is 1. The third-order valence-corrected chi connectivity index (χ3v) is 5.08. The maximum atomic E-state index is 12.5. The molecule has 1 aromatic carbocycles. The Morgan fingerprint density at radius 3 is 2.14 bits per heavy atom. The summed E-state index contributed by atoms with van der Waals surface area (Å²) in [5.41, 5.74) is 2.32. The molecule has 2 aromatic rings. The van der Waals surface area contributed by atoms with E-state index in [0.29, 0.717) is 37.4 Å². The van der Waals surface area contributed by atoms with Gasteiger partial charge >= 0.3 is 12.1 Å². The van der Waals surface area contributed by atoms with Gasteiger partial charge in [-0.1, -0.05) is 6.07 Å². The number of ether oxygens (including phenoxy) is 1. The van der Waals surface area contributed by atoms with Crippen LogP contribution >= 0.6 is 12.4 Å². The molecule has 1 amide bonds. The van der Waals surface area contributed by atoms with E-state index >= 15 is 0 Å².